The highest BCUT2D eigenvalue weighted by Crippen LogP contribution is 2.25. The maximum atomic E-state index is 13.7. The normalized spacial score (nSPS) is 25.4. The van der Waals surface area contributed by atoms with Crippen LogP contribution in [0.2, 0.25) is 0 Å². The summed E-state index contributed by atoms with van der Waals surface area (Å²) in [5.74, 6) is -0.439. The van der Waals surface area contributed by atoms with Gasteiger partial charge in [-0.1, -0.05) is 12.1 Å². The summed E-state index contributed by atoms with van der Waals surface area (Å²) in [5, 5.41) is 5.57. The molecule has 2 aromatic rings. The van der Waals surface area contributed by atoms with Crippen molar-refractivity contribution in [2.24, 2.45) is 0 Å². The van der Waals surface area contributed by atoms with Crippen LogP contribution in [0.25, 0.3) is 0 Å². The minimum Gasteiger partial charge on any atom is -0.334 e. The van der Waals surface area contributed by atoms with Gasteiger partial charge in [-0.25, -0.2) is 20.0 Å². The van der Waals surface area contributed by atoms with Gasteiger partial charge in [0, 0.05) is 31.0 Å². The highest BCUT2D eigenvalue weighted by molar-refractivity contribution is 5.89. The number of anilines is 1. The Kier molecular flexibility index (Phi) is 5.80. The highest BCUT2D eigenvalue weighted by Gasteiger charge is 2.32. The average molecular weight is 384 g/mol. The fourth-order valence-corrected chi connectivity index (χ4v) is 3.91. The lowest BCUT2D eigenvalue weighted by atomic mass is 10.0. The molecule has 148 valence electrons. The molecule has 0 aliphatic carbocycles. The van der Waals surface area contributed by atoms with Crippen LogP contribution >= 0.6 is 0 Å². The van der Waals surface area contributed by atoms with Crippen LogP contribution in [0.1, 0.15) is 30.9 Å². The van der Waals surface area contributed by atoms with Crippen molar-refractivity contribution in [1.29, 1.82) is 0 Å². The summed E-state index contributed by atoms with van der Waals surface area (Å²) >= 11 is 0. The molecular formula is C20H25FN6O. The SMILES string of the molecule is O=C(Nc1ccccc1F)NC1CCCN(C2CC(c3ccncc3)NN2)C1. The number of carbonyl (C=O) groups excluding carboxylic acids is 1. The second kappa shape index (κ2) is 8.64. The summed E-state index contributed by atoms with van der Waals surface area (Å²) in [6.07, 6.45) is 6.67. The molecule has 3 unspecified atom stereocenters. The van der Waals surface area contributed by atoms with E-state index in [0.29, 0.717) is 0 Å². The van der Waals surface area contributed by atoms with E-state index < -0.39 is 5.82 Å². The summed E-state index contributed by atoms with van der Waals surface area (Å²) in [4.78, 5) is 18.7. The fourth-order valence-electron chi connectivity index (χ4n) is 3.91. The topological polar surface area (TPSA) is 81.3 Å². The number of para-hydroxylation sites is 1. The van der Waals surface area contributed by atoms with E-state index in [-0.39, 0.29) is 30.0 Å². The molecule has 0 radical (unpaired) electrons. The van der Waals surface area contributed by atoms with Gasteiger partial charge in [0.05, 0.1) is 11.9 Å². The van der Waals surface area contributed by atoms with E-state index in [2.05, 4.69) is 31.4 Å². The number of hydrogen-bond acceptors (Lipinski definition) is 5. The van der Waals surface area contributed by atoms with Crippen molar-refractivity contribution in [1.82, 2.24) is 26.1 Å². The quantitative estimate of drug-likeness (QED) is 0.651. The first-order valence-corrected chi connectivity index (χ1v) is 9.66. The number of piperidine rings is 1. The number of likely N-dealkylation sites (tertiary alicyclic amines) is 1. The summed E-state index contributed by atoms with van der Waals surface area (Å²) in [6.45, 7) is 1.74. The van der Waals surface area contributed by atoms with Crippen LogP contribution < -0.4 is 21.5 Å². The van der Waals surface area contributed by atoms with E-state index in [1.165, 1.54) is 11.6 Å². The Labute approximate surface area is 163 Å². The van der Waals surface area contributed by atoms with E-state index in [1.54, 1.807) is 30.6 Å². The lowest BCUT2D eigenvalue weighted by Gasteiger charge is -2.36. The first-order valence-electron chi connectivity index (χ1n) is 9.66. The van der Waals surface area contributed by atoms with E-state index in [1.807, 2.05) is 12.1 Å². The predicted octanol–water partition coefficient (Wildman–Crippen LogP) is 2.37. The summed E-state index contributed by atoms with van der Waals surface area (Å²) in [6, 6.07) is 10.1. The minimum absolute atomic E-state index is 0.0299. The zero-order chi connectivity index (χ0) is 19.3. The number of amides is 2. The van der Waals surface area contributed by atoms with E-state index in [4.69, 9.17) is 0 Å². The second-order valence-corrected chi connectivity index (χ2v) is 7.29. The highest BCUT2D eigenvalue weighted by atomic mass is 19.1. The van der Waals surface area contributed by atoms with Crippen molar-refractivity contribution >= 4 is 11.7 Å². The largest absolute Gasteiger partial charge is 0.334 e. The van der Waals surface area contributed by atoms with Gasteiger partial charge >= 0.3 is 6.03 Å². The molecule has 2 amide bonds. The minimum atomic E-state index is -0.439. The van der Waals surface area contributed by atoms with E-state index in [0.717, 1.165) is 32.4 Å². The Morgan fingerprint density at radius 2 is 2.00 bits per heavy atom. The standard InChI is InChI=1S/C20H25FN6O/c21-16-5-1-2-6-17(16)24-20(28)23-15-4-3-11-27(13-15)19-12-18(25-26-19)14-7-9-22-10-8-14/h1-2,5-10,15,18-19,25-26H,3-4,11-13H2,(H2,23,24,28). The van der Waals surface area contributed by atoms with Crippen molar-refractivity contribution in [3.8, 4) is 0 Å². The van der Waals surface area contributed by atoms with Crippen molar-refractivity contribution in [2.45, 2.75) is 37.5 Å². The summed E-state index contributed by atoms with van der Waals surface area (Å²) in [7, 11) is 0. The van der Waals surface area contributed by atoms with Gasteiger partial charge in [0.25, 0.3) is 0 Å². The van der Waals surface area contributed by atoms with Crippen molar-refractivity contribution < 1.29 is 9.18 Å². The van der Waals surface area contributed by atoms with Crippen LogP contribution in [0.3, 0.4) is 0 Å². The number of hydrazine groups is 1. The lowest BCUT2D eigenvalue weighted by molar-refractivity contribution is 0.125. The van der Waals surface area contributed by atoms with Gasteiger partial charge in [0.15, 0.2) is 0 Å². The molecule has 3 heterocycles. The summed E-state index contributed by atoms with van der Waals surface area (Å²) in [5.41, 5.74) is 8.13. The molecule has 7 nitrogen and oxygen atoms in total. The smallest absolute Gasteiger partial charge is 0.319 e. The third kappa shape index (κ3) is 4.46. The second-order valence-electron chi connectivity index (χ2n) is 7.29. The zero-order valence-corrected chi connectivity index (χ0v) is 15.6. The molecule has 4 rings (SSSR count). The Morgan fingerprint density at radius 1 is 1.18 bits per heavy atom. The van der Waals surface area contributed by atoms with Gasteiger partial charge in [-0.3, -0.25) is 9.88 Å². The van der Waals surface area contributed by atoms with Gasteiger partial charge in [-0.15, -0.1) is 0 Å². The molecule has 2 aliphatic rings. The van der Waals surface area contributed by atoms with Gasteiger partial charge in [-0.2, -0.15) is 0 Å². The number of benzene rings is 1. The third-order valence-corrected chi connectivity index (χ3v) is 5.34. The number of rotatable bonds is 4. The van der Waals surface area contributed by atoms with Gasteiger partial charge < -0.3 is 10.6 Å². The van der Waals surface area contributed by atoms with Crippen LogP contribution in [0.15, 0.2) is 48.8 Å². The number of halogens is 1. The van der Waals surface area contributed by atoms with Crippen molar-refractivity contribution in [3.63, 3.8) is 0 Å². The number of hydrogen-bond donors (Lipinski definition) is 4. The number of aromatic nitrogens is 1. The number of carbonyl (C=O) groups is 1. The first kappa shape index (κ1) is 18.8. The number of nitrogens with zero attached hydrogens (tertiary/aromatic N) is 2. The molecule has 0 bridgehead atoms. The Bertz CT molecular complexity index is 804. The summed E-state index contributed by atoms with van der Waals surface area (Å²) < 4.78 is 13.7. The predicted molar refractivity (Wildman–Crippen MR) is 105 cm³/mol. The van der Waals surface area contributed by atoms with Gasteiger partial charge in [-0.05, 0) is 55.6 Å². The van der Waals surface area contributed by atoms with Crippen molar-refractivity contribution in [2.75, 3.05) is 18.4 Å². The van der Waals surface area contributed by atoms with Crippen LogP contribution in [0, 0.1) is 5.82 Å². The van der Waals surface area contributed by atoms with Crippen LogP contribution in [-0.2, 0) is 0 Å². The third-order valence-electron chi connectivity index (χ3n) is 5.34. The Balaban J connectivity index is 1.30. The first-order chi connectivity index (χ1) is 13.7. The van der Waals surface area contributed by atoms with E-state index in [9.17, 15) is 9.18 Å². The monoisotopic (exact) mass is 384 g/mol. The number of urea groups is 1. The molecule has 1 aromatic carbocycles. The lowest BCUT2D eigenvalue weighted by Crippen LogP contribution is -2.54. The maximum Gasteiger partial charge on any atom is 0.319 e. The molecule has 4 N–H and O–H groups in total. The Hall–Kier alpha value is -2.55. The molecule has 0 spiro atoms. The fraction of sp³-hybridized carbons (Fsp3) is 0.400. The maximum absolute atomic E-state index is 13.7. The molecule has 0 saturated carbocycles. The van der Waals surface area contributed by atoms with Gasteiger partial charge in [0.1, 0.15) is 5.82 Å². The van der Waals surface area contributed by atoms with Crippen molar-refractivity contribution in [3.05, 3.63) is 60.2 Å². The number of nitrogens with one attached hydrogen (secondary N) is 4. The van der Waals surface area contributed by atoms with E-state index >= 15 is 0 Å². The molecule has 2 saturated heterocycles. The molecule has 8 heteroatoms. The zero-order valence-electron chi connectivity index (χ0n) is 15.6. The molecule has 1 aromatic heterocycles. The molecule has 2 aliphatic heterocycles. The van der Waals surface area contributed by atoms with Crippen LogP contribution in [0.4, 0.5) is 14.9 Å². The van der Waals surface area contributed by atoms with Gasteiger partial charge in [0.2, 0.25) is 0 Å². The average Bonchev–Trinajstić information content (AvgIpc) is 3.21. The molecule has 2 fully saturated rings. The Morgan fingerprint density at radius 3 is 2.82 bits per heavy atom. The molecule has 28 heavy (non-hydrogen) atoms. The molecular weight excluding hydrogens is 359 g/mol. The van der Waals surface area contributed by atoms with Crippen LogP contribution in [0.5, 0.6) is 0 Å². The molecule has 3 atom stereocenters. The number of pyridine rings is 1. The van der Waals surface area contributed by atoms with Crippen LogP contribution in [-0.4, -0.2) is 41.2 Å².